The summed E-state index contributed by atoms with van der Waals surface area (Å²) in [6, 6.07) is 7.95. The Morgan fingerprint density at radius 3 is 2.92 bits per heavy atom. The van der Waals surface area contributed by atoms with E-state index < -0.39 is 0 Å². The lowest BCUT2D eigenvalue weighted by atomic mass is 9.97. The maximum Gasteiger partial charge on any atom is 0.181 e. The number of likely N-dealkylation sites (tertiary alicyclic amines) is 1. The molecular weight excluding hydrogens is 302 g/mol. The molecule has 3 aromatic heterocycles. The predicted molar refractivity (Wildman–Crippen MR) is 90.3 cm³/mol. The Bertz CT molecular complexity index is 795. The van der Waals surface area contributed by atoms with E-state index in [-0.39, 0.29) is 0 Å². The molecule has 3 aromatic rings. The third-order valence-corrected chi connectivity index (χ3v) is 4.51. The van der Waals surface area contributed by atoms with Gasteiger partial charge in [-0.3, -0.25) is 15.0 Å². The van der Waals surface area contributed by atoms with Crippen molar-refractivity contribution in [1.29, 1.82) is 0 Å². The summed E-state index contributed by atoms with van der Waals surface area (Å²) >= 11 is 0. The smallest absolute Gasteiger partial charge is 0.181 e. The van der Waals surface area contributed by atoms with E-state index in [9.17, 15) is 0 Å². The minimum absolute atomic E-state index is 0.387. The number of rotatable bonds is 4. The monoisotopic (exact) mass is 323 g/mol. The molecule has 0 radical (unpaired) electrons. The molecule has 1 atom stereocenters. The number of piperidine rings is 1. The summed E-state index contributed by atoms with van der Waals surface area (Å²) in [5, 5.41) is 7.50. The number of aromatic nitrogens is 4. The average molecular weight is 323 g/mol. The van der Waals surface area contributed by atoms with Crippen LogP contribution in [0.15, 0.2) is 41.1 Å². The largest absolute Gasteiger partial charge is 0.465 e. The van der Waals surface area contributed by atoms with E-state index in [0.29, 0.717) is 5.92 Å². The van der Waals surface area contributed by atoms with Crippen LogP contribution in [0.2, 0.25) is 0 Å². The molecule has 1 N–H and O–H groups in total. The van der Waals surface area contributed by atoms with Crippen molar-refractivity contribution < 1.29 is 4.42 Å². The average Bonchev–Trinajstić information content (AvgIpc) is 3.25. The lowest BCUT2D eigenvalue weighted by molar-refractivity contribution is 0.183. The third kappa shape index (κ3) is 3.23. The first-order valence-electron chi connectivity index (χ1n) is 8.38. The first-order chi connectivity index (χ1) is 11.8. The number of H-pyrrole nitrogens is 1. The zero-order valence-electron chi connectivity index (χ0n) is 13.8. The van der Waals surface area contributed by atoms with Crippen molar-refractivity contribution in [3.8, 4) is 11.4 Å². The molecule has 0 saturated carbocycles. The van der Waals surface area contributed by atoms with Gasteiger partial charge in [0.15, 0.2) is 5.82 Å². The summed E-state index contributed by atoms with van der Waals surface area (Å²) in [6.45, 7) is 4.92. The molecule has 0 spiro atoms. The van der Waals surface area contributed by atoms with Crippen molar-refractivity contribution in [1.82, 2.24) is 25.1 Å². The molecule has 0 amide bonds. The van der Waals surface area contributed by atoms with Gasteiger partial charge in [-0.1, -0.05) is 0 Å². The molecule has 1 unspecified atom stereocenters. The zero-order chi connectivity index (χ0) is 16.4. The van der Waals surface area contributed by atoms with Crippen molar-refractivity contribution >= 4 is 0 Å². The summed E-state index contributed by atoms with van der Waals surface area (Å²) in [7, 11) is 0. The van der Waals surface area contributed by atoms with E-state index >= 15 is 0 Å². The van der Waals surface area contributed by atoms with Gasteiger partial charge in [0.1, 0.15) is 17.3 Å². The first kappa shape index (κ1) is 15.1. The second kappa shape index (κ2) is 6.57. The normalized spacial score (nSPS) is 18.8. The standard InChI is InChI=1S/C18H21N5O/c1-13-4-5-16(24-13)12-23-10-2-3-15(11-23)18-20-17(21-22-18)14-6-8-19-9-7-14/h4-9,15H,2-3,10-12H2,1H3,(H,20,21,22). The van der Waals surface area contributed by atoms with Crippen LogP contribution in [-0.4, -0.2) is 38.2 Å². The Hall–Kier alpha value is -2.47. The van der Waals surface area contributed by atoms with Gasteiger partial charge in [-0.15, -0.1) is 0 Å². The molecule has 0 aliphatic carbocycles. The van der Waals surface area contributed by atoms with Gasteiger partial charge in [-0.05, 0) is 50.6 Å². The van der Waals surface area contributed by atoms with Crippen molar-refractivity contribution in [2.24, 2.45) is 0 Å². The second-order valence-electron chi connectivity index (χ2n) is 6.37. The summed E-state index contributed by atoms with van der Waals surface area (Å²) < 4.78 is 5.71. The van der Waals surface area contributed by atoms with Gasteiger partial charge in [-0.2, -0.15) is 5.10 Å². The maximum absolute atomic E-state index is 5.71. The van der Waals surface area contributed by atoms with Crippen LogP contribution < -0.4 is 0 Å². The summed E-state index contributed by atoms with van der Waals surface area (Å²) in [4.78, 5) is 11.2. The van der Waals surface area contributed by atoms with E-state index in [1.807, 2.05) is 25.1 Å². The highest BCUT2D eigenvalue weighted by molar-refractivity contribution is 5.53. The Balaban J connectivity index is 1.45. The van der Waals surface area contributed by atoms with Gasteiger partial charge in [0.25, 0.3) is 0 Å². The Morgan fingerprint density at radius 2 is 2.12 bits per heavy atom. The summed E-state index contributed by atoms with van der Waals surface area (Å²) in [6.07, 6.45) is 5.83. The predicted octanol–water partition coefficient (Wildman–Crippen LogP) is 3.15. The molecule has 1 aliphatic rings. The minimum Gasteiger partial charge on any atom is -0.465 e. The van der Waals surface area contributed by atoms with Crippen LogP contribution in [0, 0.1) is 6.92 Å². The van der Waals surface area contributed by atoms with Crippen molar-refractivity contribution in [2.75, 3.05) is 13.1 Å². The number of pyridine rings is 1. The van der Waals surface area contributed by atoms with Crippen LogP contribution in [0.5, 0.6) is 0 Å². The highest BCUT2D eigenvalue weighted by atomic mass is 16.3. The lowest BCUT2D eigenvalue weighted by Crippen LogP contribution is -2.34. The van der Waals surface area contributed by atoms with Crippen LogP contribution in [-0.2, 0) is 6.54 Å². The van der Waals surface area contributed by atoms with Gasteiger partial charge >= 0.3 is 0 Å². The fraction of sp³-hybridized carbons (Fsp3) is 0.389. The van der Waals surface area contributed by atoms with Crippen LogP contribution >= 0.6 is 0 Å². The van der Waals surface area contributed by atoms with Crippen molar-refractivity contribution in [3.05, 3.63) is 54.0 Å². The molecule has 1 aliphatic heterocycles. The fourth-order valence-corrected chi connectivity index (χ4v) is 3.30. The molecule has 4 heterocycles. The minimum atomic E-state index is 0.387. The summed E-state index contributed by atoms with van der Waals surface area (Å²) in [5.41, 5.74) is 0.992. The first-order valence-corrected chi connectivity index (χ1v) is 8.38. The van der Waals surface area contributed by atoms with Gasteiger partial charge in [-0.25, -0.2) is 4.98 Å². The SMILES string of the molecule is Cc1ccc(CN2CCCC(c3nc(-c4ccncc4)n[nH]3)C2)o1. The molecule has 24 heavy (non-hydrogen) atoms. The molecule has 1 saturated heterocycles. The number of hydrogen-bond donors (Lipinski definition) is 1. The van der Waals surface area contributed by atoms with E-state index in [4.69, 9.17) is 9.40 Å². The topological polar surface area (TPSA) is 70.8 Å². The van der Waals surface area contributed by atoms with E-state index in [1.54, 1.807) is 12.4 Å². The van der Waals surface area contributed by atoms with Gasteiger partial charge in [0.05, 0.1) is 6.54 Å². The maximum atomic E-state index is 5.71. The van der Waals surface area contributed by atoms with Crippen LogP contribution in [0.4, 0.5) is 0 Å². The Morgan fingerprint density at radius 1 is 1.25 bits per heavy atom. The van der Waals surface area contributed by atoms with E-state index in [0.717, 1.165) is 61.2 Å². The Kier molecular flexibility index (Phi) is 4.13. The molecule has 0 bridgehead atoms. The number of nitrogens with zero attached hydrogens (tertiary/aromatic N) is 4. The molecular formula is C18H21N5O. The zero-order valence-corrected chi connectivity index (χ0v) is 13.8. The molecule has 124 valence electrons. The van der Waals surface area contributed by atoms with Crippen LogP contribution in [0.3, 0.4) is 0 Å². The second-order valence-corrected chi connectivity index (χ2v) is 6.37. The van der Waals surface area contributed by atoms with Gasteiger partial charge < -0.3 is 4.42 Å². The highest BCUT2D eigenvalue weighted by Gasteiger charge is 2.25. The van der Waals surface area contributed by atoms with Crippen LogP contribution in [0.1, 0.15) is 36.1 Å². The number of hydrogen-bond acceptors (Lipinski definition) is 5. The fourth-order valence-electron chi connectivity index (χ4n) is 3.30. The van der Waals surface area contributed by atoms with Crippen LogP contribution in [0.25, 0.3) is 11.4 Å². The molecule has 4 rings (SSSR count). The van der Waals surface area contributed by atoms with E-state index in [1.165, 1.54) is 0 Å². The lowest BCUT2D eigenvalue weighted by Gasteiger charge is -2.30. The number of furan rings is 1. The molecule has 6 nitrogen and oxygen atoms in total. The number of aromatic amines is 1. The Labute approximate surface area is 140 Å². The quantitative estimate of drug-likeness (QED) is 0.798. The number of aryl methyl sites for hydroxylation is 1. The summed E-state index contributed by atoms with van der Waals surface area (Å²) in [5.74, 6) is 4.10. The molecule has 1 fully saturated rings. The highest BCUT2D eigenvalue weighted by Crippen LogP contribution is 2.27. The van der Waals surface area contributed by atoms with Crippen molar-refractivity contribution in [2.45, 2.75) is 32.2 Å². The molecule has 6 heteroatoms. The van der Waals surface area contributed by atoms with Crippen molar-refractivity contribution in [3.63, 3.8) is 0 Å². The van der Waals surface area contributed by atoms with Gasteiger partial charge in [0, 0.05) is 30.4 Å². The van der Waals surface area contributed by atoms with E-state index in [2.05, 4.69) is 26.1 Å². The molecule has 0 aromatic carbocycles. The third-order valence-electron chi connectivity index (χ3n) is 4.51. The number of nitrogens with one attached hydrogen (secondary N) is 1. The van der Waals surface area contributed by atoms with Gasteiger partial charge in [0.2, 0.25) is 0 Å².